The Morgan fingerprint density at radius 1 is 0.594 bits per heavy atom. The highest BCUT2D eigenvalue weighted by Gasteiger charge is 2.71. The van der Waals surface area contributed by atoms with Gasteiger partial charge in [0.1, 0.15) is 0 Å². The quantitative estimate of drug-likeness (QED) is 0.152. The van der Waals surface area contributed by atoms with Gasteiger partial charge in [-0.2, -0.15) is 75.8 Å². The van der Waals surface area contributed by atoms with E-state index in [1.165, 1.54) is 109 Å². The minimum Gasteiger partial charge on any atom is -0.179 e. The van der Waals surface area contributed by atoms with Crippen molar-refractivity contribution < 1.29 is 0 Å². The Hall–Kier alpha value is 2.10. The first-order valence-electron chi connectivity index (χ1n) is 13.4. The molecule has 4 aliphatic carbocycles. The number of hydrogen-bond acceptors (Lipinski definition) is 6. The lowest BCUT2D eigenvalue weighted by Crippen LogP contribution is -2.70. The zero-order valence-corrected chi connectivity index (χ0v) is 25.1. The first-order chi connectivity index (χ1) is 15.2. The van der Waals surface area contributed by atoms with Crippen LogP contribution in [-0.4, -0.2) is 30.0 Å². The van der Waals surface area contributed by atoms with Crippen LogP contribution in [0.1, 0.15) is 116 Å². The maximum Gasteiger partial charge on any atom is 0.0252 e. The second kappa shape index (κ2) is 10.5. The standard InChI is InChI=1S/C26H46S6/c27-19-9-10-20(22(29)11-1-2-12-22)26(24(31)15-5-6-16-24,25(32)17-7-8-18-25)21(28)23(30)13-3-4-14-23/h20-21,27-32H,1-19H2. The Morgan fingerprint density at radius 3 is 1.38 bits per heavy atom. The first kappa shape index (κ1) is 27.1. The normalized spacial score (nSPS) is 30.6. The Balaban J connectivity index is 1.96. The summed E-state index contributed by atoms with van der Waals surface area (Å²) in [5.74, 6) is 1.41. The largest absolute Gasteiger partial charge is 0.179 e. The summed E-state index contributed by atoms with van der Waals surface area (Å²) >= 11 is 33.0. The van der Waals surface area contributed by atoms with E-state index >= 15 is 0 Å². The maximum absolute atomic E-state index is 5.77. The smallest absolute Gasteiger partial charge is 0.0252 e. The molecule has 2 atom stereocenters. The average molecular weight is 551 g/mol. The Bertz CT molecular complexity index is 602. The van der Waals surface area contributed by atoms with Crippen molar-refractivity contribution in [3.63, 3.8) is 0 Å². The molecule has 0 N–H and O–H groups in total. The molecule has 0 spiro atoms. The van der Waals surface area contributed by atoms with Gasteiger partial charge in [0.05, 0.1) is 0 Å². The highest BCUT2D eigenvalue weighted by atomic mass is 32.1. The van der Waals surface area contributed by atoms with Crippen molar-refractivity contribution in [2.24, 2.45) is 11.3 Å². The van der Waals surface area contributed by atoms with Gasteiger partial charge in [-0.15, -0.1) is 0 Å². The van der Waals surface area contributed by atoms with Gasteiger partial charge in [0.15, 0.2) is 0 Å². The second-order valence-corrected chi connectivity index (χ2v) is 16.2. The molecule has 0 amide bonds. The van der Waals surface area contributed by atoms with E-state index in [1.54, 1.807) is 0 Å². The molecule has 0 saturated heterocycles. The molecule has 32 heavy (non-hydrogen) atoms. The van der Waals surface area contributed by atoms with Crippen molar-refractivity contribution in [2.45, 2.75) is 140 Å². The summed E-state index contributed by atoms with van der Waals surface area (Å²) < 4.78 is -0.0438. The maximum atomic E-state index is 5.77. The first-order valence-corrected chi connectivity index (χ1v) is 16.3. The molecule has 186 valence electrons. The van der Waals surface area contributed by atoms with Gasteiger partial charge in [0.2, 0.25) is 0 Å². The number of rotatable bonds is 9. The molecule has 2 unspecified atom stereocenters. The average Bonchev–Trinajstić information content (AvgIpc) is 3.55. The molecule has 0 aromatic rings. The minimum atomic E-state index is -0.0799. The van der Waals surface area contributed by atoms with Crippen LogP contribution in [0.2, 0.25) is 0 Å². The SMILES string of the molecule is SCCCC(C1(S)CCCC1)C(C(S)C1(S)CCCC1)(C1(S)CCCC1)C1(S)CCCC1. The fraction of sp³-hybridized carbons (Fsp3) is 1.00. The lowest BCUT2D eigenvalue weighted by atomic mass is 9.49. The lowest BCUT2D eigenvalue weighted by Gasteiger charge is -2.67. The summed E-state index contributed by atoms with van der Waals surface area (Å²) in [5.41, 5.74) is -0.0799. The van der Waals surface area contributed by atoms with Crippen LogP contribution in [0, 0.1) is 11.3 Å². The van der Waals surface area contributed by atoms with Gasteiger partial charge in [-0.25, -0.2) is 0 Å². The summed E-state index contributed by atoms with van der Waals surface area (Å²) in [7, 11) is 0. The lowest BCUT2D eigenvalue weighted by molar-refractivity contribution is 0.00670. The van der Waals surface area contributed by atoms with E-state index in [9.17, 15) is 0 Å². The third-order valence-corrected chi connectivity index (χ3v) is 14.6. The number of hydrogen-bond donors (Lipinski definition) is 6. The number of thiol groups is 6. The van der Waals surface area contributed by atoms with Crippen molar-refractivity contribution in [2.75, 3.05) is 5.75 Å². The predicted molar refractivity (Wildman–Crippen MR) is 163 cm³/mol. The van der Waals surface area contributed by atoms with Gasteiger partial charge in [0, 0.05) is 29.7 Å². The molecule has 0 aliphatic heterocycles. The van der Waals surface area contributed by atoms with Gasteiger partial charge in [-0.05, 0) is 75.9 Å². The molecule has 6 heteroatoms. The molecule has 0 heterocycles. The van der Waals surface area contributed by atoms with Crippen LogP contribution in [0.15, 0.2) is 0 Å². The van der Waals surface area contributed by atoms with Crippen molar-refractivity contribution in [3.8, 4) is 0 Å². The van der Waals surface area contributed by atoms with Crippen LogP contribution < -0.4 is 0 Å². The molecule has 4 aliphatic rings. The molecule has 0 aromatic heterocycles. The third-order valence-electron chi connectivity index (χ3n) is 10.1. The topological polar surface area (TPSA) is 0 Å². The molecule has 0 radical (unpaired) electrons. The van der Waals surface area contributed by atoms with E-state index in [4.69, 9.17) is 63.1 Å². The van der Waals surface area contributed by atoms with E-state index in [0.717, 1.165) is 12.2 Å². The van der Waals surface area contributed by atoms with Crippen molar-refractivity contribution in [1.82, 2.24) is 0 Å². The van der Waals surface area contributed by atoms with Gasteiger partial charge in [0.25, 0.3) is 0 Å². The summed E-state index contributed by atoms with van der Waals surface area (Å²) in [4.78, 5) is 0. The minimum absolute atomic E-state index is 0.0261. The monoisotopic (exact) mass is 550 g/mol. The van der Waals surface area contributed by atoms with Crippen molar-refractivity contribution in [3.05, 3.63) is 0 Å². The summed E-state index contributed by atoms with van der Waals surface area (Å²) in [6, 6.07) is 0. The van der Waals surface area contributed by atoms with E-state index < -0.39 is 0 Å². The zero-order chi connectivity index (χ0) is 23.1. The molecular formula is C26H46S6. The van der Waals surface area contributed by atoms with Crippen molar-refractivity contribution >= 4 is 75.8 Å². The fourth-order valence-electron chi connectivity index (χ4n) is 8.76. The Labute approximate surface area is 231 Å². The molecule has 4 saturated carbocycles. The van der Waals surface area contributed by atoms with Crippen molar-refractivity contribution in [1.29, 1.82) is 0 Å². The highest BCUT2D eigenvalue weighted by Crippen LogP contribution is 2.72. The van der Waals surface area contributed by atoms with Crippen LogP contribution >= 0.6 is 75.8 Å². The molecule has 4 rings (SSSR count). The molecular weight excluding hydrogens is 505 g/mol. The third kappa shape index (κ3) is 4.39. The Morgan fingerprint density at radius 2 is 0.969 bits per heavy atom. The molecule has 0 bridgehead atoms. The highest BCUT2D eigenvalue weighted by molar-refractivity contribution is 7.86. The van der Waals surface area contributed by atoms with E-state index in [-0.39, 0.29) is 29.7 Å². The van der Waals surface area contributed by atoms with E-state index in [2.05, 4.69) is 12.6 Å². The van der Waals surface area contributed by atoms with Crippen LogP contribution in [-0.2, 0) is 0 Å². The zero-order valence-electron chi connectivity index (χ0n) is 19.8. The summed E-state index contributed by atoms with van der Waals surface area (Å²) in [6.45, 7) is 0. The Kier molecular flexibility index (Phi) is 8.87. The predicted octanol–water partition coefficient (Wildman–Crippen LogP) is 8.57. The molecule has 0 aromatic carbocycles. The van der Waals surface area contributed by atoms with Gasteiger partial charge >= 0.3 is 0 Å². The van der Waals surface area contributed by atoms with Gasteiger partial charge in [-0.1, -0.05) is 51.4 Å². The molecule has 0 nitrogen and oxygen atoms in total. The second-order valence-electron chi connectivity index (χ2n) is 11.8. The summed E-state index contributed by atoms with van der Waals surface area (Å²) in [5, 5.41) is 0.196. The van der Waals surface area contributed by atoms with Crippen LogP contribution in [0.3, 0.4) is 0 Å². The van der Waals surface area contributed by atoms with Crippen LogP contribution in [0.25, 0.3) is 0 Å². The van der Waals surface area contributed by atoms with E-state index in [1.807, 2.05) is 0 Å². The fourth-order valence-corrected chi connectivity index (χ4v) is 13.0. The van der Waals surface area contributed by atoms with Gasteiger partial charge < -0.3 is 0 Å². The van der Waals surface area contributed by atoms with Gasteiger partial charge in [-0.3, -0.25) is 0 Å². The van der Waals surface area contributed by atoms with E-state index in [0.29, 0.717) is 5.92 Å². The molecule has 4 fully saturated rings. The van der Waals surface area contributed by atoms with Crippen LogP contribution in [0.5, 0.6) is 0 Å². The van der Waals surface area contributed by atoms with Crippen LogP contribution in [0.4, 0.5) is 0 Å². The summed E-state index contributed by atoms with van der Waals surface area (Å²) in [6.07, 6.45) is 22.2.